The molecule has 0 aliphatic carbocycles. The van der Waals surface area contributed by atoms with Gasteiger partial charge in [0.15, 0.2) is 23.2 Å². The first-order valence-electron chi connectivity index (χ1n) is 19.1. The fourth-order valence-corrected chi connectivity index (χ4v) is 7.77. The topological polar surface area (TPSA) is 345 Å². The van der Waals surface area contributed by atoms with E-state index in [-0.39, 0.29) is 70.4 Å². The Morgan fingerprint density at radius 3 is 1.36 bits per heavy atom. The van der Waals surface area contributed by atoms with Gasteiger partial charge in [-0.25, -0.2) is 46.2 Å². The van der Waals surface area contributed by atoms with E-state index in [2.05, 4.69) is 35.9 Å². The molecule has 0 bridgehead atoms. The lowest BCUT2D eigenvalue weighted by molar-refractivity contribution is -0.118. The van der Waals surface area contributed by atoms with Gasteiger partial charge < -0.3 is 31.7 Å². The lowest BCUT2D eigenvalue weighted by atomic mass is 9.80. The molecule has 66 heavy (non-hydrogen) atoms. The number of hydrogen-bond acceptors (Lipinski definition) is 18. The molecular weight excluding hydrogens is 963 g/mol. The van der Waals surface area contributed by atoms with Crippen molar-refractivity contribution in [3.8, 4) is 11.3 Å². The van der Waals surface area contributed by atoms with Crippen LogP contribution in [0.25, 0.3) is 11.3 Å². The van der Waals surface area contributed by atoms with E-state index in [1.54, 1.807) is 48.5 Å². The van der Waals surface area contributed by atoms with E-state index in [9.17, 15) is 36.0 Å². The standard InChI is InChI=1S/C21H20N4O5S.C14H13BrN4O4S.C7H9BO3/c1-13(27)25-31(29,30)17-8-4-14(5-9-17)10-19(28)20-21(22)23-11-18(24-20)16-6-2-15(12-26)3-7-16;1-8(20)19-24(22,23)10-4-2-9(3-5-10)6-11(21)13-14(16)17-7-12(15)18-13;9-5-6-1-3-7(4-2-6)8(10)11/h2-9,11,26H,10,12H2,1H3,(H2,22,23)(H,25,27);2-5,7H,6H2,1H3,(H2,16,17)(H,19,20);1-4,9-11H,5H2. The number of Topliss-reactive ketones (excluding diaryl/α,β-unsaturated/α-hetero) is 2. The highest BCUT2D eigenvalue weighted by molar-refractivity contribution is 9.10. The summed E-state index contributed by atoms with van der Waals surface area (Å²) in [5.74, 6) is -2.09. The lowest BCUT2D eigenvalue weighted by Gasteiger charge is -2.08. The van der Waals surface area contributed by atoms with Crippen LogP contribution >= 0.6 is 15.9 Å². The molecule has 6 rings (SSSR count). The second-order valence-corrected chi connectivity index (χ2v) is 18.0. The molecule has 0 atom stereocenters. The third-order valence-corrected chi connectivity index (χ3v) is 12.0. The molecule has 0 aliphatic heterocycles. The van der Waals surface area contributed by atoms with Crippen LogP contribution in [0.2, 0.25) is 0 Å². The number of ketones is 2. The van der Waals surface area contributed by atoms with Crippen molar-refractivity contribution >= 4 is 83.6 Å². The van der Waals surface area contributed by atoms with E-state index in [1.807, 2.05) is 9.44 Å². The molecule has 0 saturated heterocycles. The maximum Gasteiger partial charge on any atom is 0.488 e. The minimum atomic E-state index is -3.95. The molecule has 24 heteroatoms. The van der Waals surface area contributed by atoms with Gasteiger partial charge in [-0.3, -0.25) is 19.2 Å². The number of aromatic nitrogens is 4. The summed E-state index contributed by atoms with van der Waals surface area (Å²) >= 11 is 3.12. The molecule has 2 heterocycles. The number of hydrogen-bond donors (Lipinski definition) is 8. The number of halogens is 1. The molecule has 0 spiro atoms. The van der Waals surface area contributed by atoms with Crippen molar-refractivity contribution in [2.24, 2.45) is 0 Å². The molecule has 344 valence electrons. The first kappa shape index (κ1) is 51.8. The maximum absolute atomic E-state index is 12.8. The van der Waals surface area contributed by atoms with Crippen molar-refractivity contribution < 1.29 is 56.3 Å². The summed E-state index contributed by atoms with van der Waals surface area (Å²) in [6, 6.07) is 24.6. The molecule has 0 saturated carbocycles. The van der Waals surface area contributed by atoms with Crippen molar-refractivity contribution in [1.82, 2.24) is 29.4 Å². The van der Waals surface area contributed by atoms with Gasteiger partial charge in [-0.15, -0.1) is 0 Å². The zero-order valence-corrected chi connectivity index (χ0v) is 38.2. The van der Waals surface area contributed by atoms with Crippen LogP contribution in [0.1, 0.15) is 57.1 Å². The molecule has 0 unspecified atom stereocenters. The first-order chi connectivity index (χ1) is 31.1. The Morgan fingerprint density at radius 1 is 0.591 bits per heavy atom. The van der Waals surface area contributed by atoms with E-state index in [4.69, 9.17) is 31.7 Å². The number of rotatable bonds is 14. The number of amides is 2. The van der Waals surface area contributed by atoms with Crippen molar-refractivity contribution in [3.05, 3.63) is 148 Å². The Bertz CT molecular complexity index is 2910. The van der Waals surface area contributed by atoms with Gasteiger partial charge in [0.1, 0.15) is 16.0 Å². The SMILES string of the molecule is CC(=O)NS(=O)(=O)c1ccc(CC(=O)c2nc(-c3ccc(CO)cc3)cnc2N)cc1.CC(=O)NS(=O)(=O)c1ccc(CC(=O)c2nc(Br)cnc2N)cc1.OCc1ccc(B(O)O)cc1. The minimum Gasteiger partial charge on any atom is -0.423 e. The van der Waals surface area contributed by atoms with Crippen molar-refractivity contribution in [3.63, 3.8) is 0 Å². The van der Waals surface area contributed by atoms with E-state index >= 15 is 0 Å². The van der Waals surface area contributed by atoms with Gasteiger partial charge in [0.05, 0.1) is 41.1 Å². The van der Waals surface area contributed by atoms with Crippen molar-refractivity contribution in [2.75, 3.05) is 11.5 Å². The number of sulfonamides is 2. The van der Waals surface area contributed by atoms with Crippen LogP contribution in [0.15, 0.2) is 124 Å². The number of nitrogens with zero attached hydrogens (tertiary/aromatic N) is 4. The second-order valence-electron chi connectivity index (χ2n) is 13.9. The predicted octanol–water partition coefficient (Wildman–Crippen LogP) is 1.40. The Kier molecular flexibility index (Phi) is 18.4. The summed E-state index contributed by atoms with van der Waals surface area (Å²) in [5.41, 5.74) is 15.8. The molecule has 0 fully saturated rings. The average Bonchev–Trinajstić information content (AvgIpc) is 3.27. The number of carbonyl (C=O) groups excluding carboxylic acids is 4. The fraction of sp³-hybridized carbons (Fsp3) is 0.143. The summed E-state index contributed by atoms with van der Waals surface area (Å²) < 4.78 is 51.8. The molecule has 2 amide bonds. The molecule has 10 N–H and O–H groups in total. The van der Waals surface area contributed by atoms with Crippen LogP contribution in [0.4, 0.5) is 11.6 Å². The van der Waals surface area contributed by atoms with Crippen LogP contribution in [0.5, 0.6) is 0 Å². The van der Waals surface area contributed by atoms with Crippen molar-refractivity contribution in [2.45, 2.75) is 49.7 Å². The number of aliphatic hydroxyl groups excluding tert-OH is 2. The second kappa shape index (κ2) is 23.4. The van der Waals surface area contributed by atoms with Gasteiger partial charge in [-0.2, -0.15) is 0 Å². The van der Waals surface area contributed by atoms with Gasteiger partial charge in [-0.1, -0.05) is 72.8 Å². The van der Waals surface area contributed by atoms with Gasteiger partial charge in [0.25, 0.3) is 20.0 Å². The number of aliphatic hydroxyl groups is 2. The van der Waals surface area contributed by atoms with Gasteiger partial charge in [0, 0.05) is 32.3 Å². The molecule has 0 aliphatic rings. The molecular formula is C42H42BBrN8O12S2. The maximum atomic E-state index is 12.8. The molecule has 2 aromatic heterocycles. The Morgan fingerprint density at radius 2 is 0.970 bits per heavy atom. The summed E-state index contributed by atoms with van der Waals surface area (Å²) in [7, 11) is -9.28. The Hall–Kier alpha value is -6.80. The lowest BCUT2D eigenvalue weighted by Crippen LogP contribution is -2.29. The van der Waals surface area contributed by atoms with Crippen LogP contribution in [0.3, 0.4) is 0 Å². The highest BCUT2D eigenvalue weighted by Crippen LogP contribution is 2.21. The number of benzene rings is 4. The average molecular weight is 1010 g/mol. The molecule has 0 radical (unpaired) electrons. The number of carbonyl (C=O) groups is 4. The summed E-state index contributed by atoms with van der Waals surface area (Å²) in [5, 5.41) is 35.2. The van der Waals surface area contributed by atoms with E-state index in [0.29, 0.717) is 32.5 Å². The van der Waals surface area contributed by atoms with Crippen LogP contribution < -0.4 is 26.4 Å². The quantitative estimate of drug-likeness (QED) is 0.0565. The summed E-state index contributed by atoms with van der Waals surface area (Å²) in [6.45, 7) is 2.10. The first-order valence-corrected chi connectivity index (χ1v) is 22.9. The van der Waals surface area contributed by atoms with Crippen LogP contribution in [0, 0.1) is 0 Å². The number of nitrogen functional groups attached to an aromatic ring is 2. The molecule has 20 nitrogen and oxygen atoms in total. The Labute approximate surface area is 387 Å². The third-order valence-electron chi connectivity index (χ3n) is 8.75. The largest absolute Gasteiger partial charge is 0.488 e. The number of nitrogens with one attached hydrogen (secondary N) is 2. The van der Waals surface area contributed by atoms with Crippen LogP contribution in [-0.2, 0) is 55.7 Å². The zero-order chi connectivity index (χ0) is 48.8. The Balaban J connectivity index is 0.000000240. The smallest absolute Gasteiger partial charge is 0.423 e. The van der Waals surface area contributed by atoms with Gasteiger partial charge >= 0.3 is 7.12 Å². The normalized spacial score (nSPS) is 10.9. The summed E-state index contributed by atoms with van der Waals surface area (Å²) in [6.07, 6.45) is 2.76. The monoisotopic (exact) mass is 1000 g/mol. The molecule has 4 aromatic carbocycles. The fourth-order valence-electron chi connectivity index (χ4n) is 5.51. The highest BCUT2D eigenvalue weighted by Gasteiger charge is 2.20. The summed E-state index contributed by atoms with van der Waals surface area (Å²) in [4.78, 5) is 63.0. The van der Waals surface area contributed by atoms with E-state index < -0.39 is 39.0 Å². The van der Waals surface area contributed by atoms with Gasteiger partial charge in [0.2, 0.25) is 11.8 Å². The van der Waals surface area contributed by atoms with Crippen molar-refractivity contribution in [1.29, 1.82) is 0 Å². The number of nitrogens with two attached hydrogens (primary N) is 2. The van der Waals surface area contributed by atoms with Gasteiger partial charge in [-0.05, 0) is 67.9 Å². The van der Waals surface area contributed by atoms with Crippen LogP contribution in [-0.4, -0.2) is 87.5 Å². The minimum absolute atomic E-state index is 0.00872. The molecule has 6 aromatic rings. The highest BCUT2D eigenvalue weighted by atomic mass is 79.9. The zero-order valence-electron chi connectivity index (χ0n) is 35.0. The predicted molar refractivity (Wildman–Crippen MR) is 245 cm³/mol. The number of anilines is 2. The van der Waals surface area contributed by atoms with E-state index in [0.717, 1.165) is 25.0 Å². The third kappa shape index (κ3) is 15.2. The van der Waals surface area contributed by atoms with E-state index in [1.165, 1.54) is 60.9 Å².